The van der Waals surface area contributed by atoms with Gasteiger partial charge in [-0.25, -0.2) is 0 Å². The van der Waals surface area contributed by atoms with Crippen LogP contribution in [0.5, 0.6) is 0 Å². The Morgan fingerprint density at radius 3 is 1.89 bits per heavy atom. The van der Waals surface area contributed by atoms with Crippen molar-refractivity contribution in [3.63, 3.8) is 0 Å². The second-order valence-electron chi connectivity index (χ2n) is 6.54. The summed E-state index contributed by atoms with van der Waals surface area (Å²) in [6.07, 6.45) is 0. The van der Waals surface area contributed by atoms with E-state index in [-0.39, 0.29) is 11.1 Å². The maximum Gasteiger partial charge on any atom is 0.0872 e. The molecule has 0 saturated heterocycles. The van der Waals surface area contributed by atoms with Crippen molar-refractivity contribution in [2.24, 2.45) is 0 Å². The molecular weight excluding hydrogens is 243 g/mol. The fraction of sp³-hybridized carbons (Fsp3) is 0.571. The third kappa shape index (κ3) is 4.93. The van der Waals surface area contributed by atoms with Gasteiger partial charge in [-0.1, -0.05) is 51.1 Å². The van der Waals surface area contributed by atoms with Gasteiger partial charge in [-0.15, -0.1) is 5.54 Å². The van der Waals surface area contributed by atoms with Gasteiger partial charge in [-0.05, 0) is 20.8 Å². The maximum atomic E-state index is 13.2. The molecule has 0 saturated carbocycles. The quantitative estimate of drug-likeness (QED) is 0.839. The van der Waals surface area contributed by atoms with Crippen LogP contribution < -0.4 is 10.4 Å². The van der Waals surface area contributed by atoms with Gasteiger partial charge in [0.15, 0.2) is 0 Å². The lowest BCUT2D eigenvalue weighted by Crippen LogP contribution is -2.37. The summed E-state index contributed by atoms with van der Waals surface area (Å²) in [6, 6.07) is 9.44. The number of rotatable bonds is 3. The molecule has 0 aromatic heterocycles. The van der Waals surface area contributed by atoms with Crippen LogP contribution in [0.2, 0.25) is 0 Å². The molecule has 4 heteroatoms. The van der Waals surface area contributed by atoms with Crippen LogP contribution in [0.15, 0.2) is 30.3 Å². The third-order valence-electron chi connectivity index (χ3n) is 2.03. The zero-order chi connectivity index (χ0) is 14.0. The first-order valence-electron chi connectivity index (χ1n) is 6.21. The summed E-state index contributed by atoms with van der Waals surface area (Å²) in [7, 11) is -2.94. The Hall–Kier alpha value is -0.630. The molecule has 0 radical (unpaired) electrons. The van der Waals surface area contributed by atoms with Crippen molar-refractivity contribution in [3.05, 3.63) is 35.4 Å². The Morgan fingerprint density at radius 1 is 1.00 bits per heavy atom. The van der Waals surface area contributed by atoms with Gasteiger partial charge in [0.25, 0.3) is 0 Å². The number of nitrogens with one attached hydrogen (secondary N) is 1. The summed E-state index contributed by atoms with van der Waals surface area (Å²) in [5.41, 5.74) is -0.594. The Balaban J connectivity index is 3.14. The molecule has 0 aliphatic rings. The molecule has 1 aromatic rings. The molecule has 0 aliphatic carbocycles. The van der Waals surface area contributed by atoms with E-state index in [1.54, 1.807) is 0 Å². The van der Waals surface area contributed by atoms with E-state index in [9.17, 15) is 4.57 Å². The minimum Gasteiger partial charge on any atom is -0.582 e. The normalized spacial score (nSPS) is 16.3. The van der Waals surface area contributed by atoms with E-state index in [0.717, 1.165) is 5.30 Å². The Morgan fingerprint density at radius 2 is 1.50 bits per heavy atom. The molecule has 1 N–H and O–H groups in total. The van der Waals surface area contributed by atoms with Crippen LogP contribution in [0.25, 0.3) is 5.09 Å². The molecule has 0 fully saturated rings. The molecule has 18 heavy (non-hydrogen) atoms. The van der Waals surface area contributed by atoms with Crippen LogP contribution in [-0.2, 0) is 4.57 Å². The number of hydrogen-bond acceptors (Lipinski definition) is 1. The van der Waals surface area contributed by atoms with Crippen LogP contribution in [-0.4, -0.2) is 11.1 Å². The first-order valence-corrected chi connectivity index (χ1v) is 7.87. The van der Waals surface area contributed by atoms with E-state index in [2.05, 4.69) is 10.2 Å². The molecule has 3 nitrogen and oxygen atoms in total. The SMILES string of the molecule is CC(C)(C)[N-]P(=O)(NC(C)(C)C)c1ccccc1. The second-order valence-corrected chi connectivity index (χ2v) is 8.64. The molecule has 1 aromatic carbocycles. The van der Waals surface area contributed by atoms with Crippen molar-refractivity contribution < 1.29 is 4.57 Å². The van der Waals surface area contributed by atoms with E-state index in [1.807, 2.05) is 71.9 Å². The largest absolute Gasteiger partial charge is 0.582 e. The molecule has 0 aliphatic heterocycles. The van der Waals surface area contributed by atoms with Gasteiger partial charge in [0, 0.05) is 10.8 Å². The average molecular weight is 267 g/mol. The van der Waals surface area contributed by atoms with Gasteiger partial charge in [-0.3, -0.25) is 5.09 Å². The predicted octanol–water partition coefficient (Wildman–Crippen LogP) is 4.07. The number of benzene rings is 1. The highest BCUT2D eigenvalue weighted by atomic mass is 31.2. The van der Waals surface area contributed by atoms with E-state index >= 15 is 0 Å². The van der Waals surface area contributed by atoms with Crippen LogP contribution >= 0.6 is 7.44 Å². The first-order chi connectivity index (χ1) is 8.02. The van der Waals surface area contributed by atoms with Crippen molar-refractivity contribution in [1.82, 2.24) is 5.09 Å². The van der Waals surface area contributed by atoms with E-state index in [4.69, 9.17) is 0 Å². The summed E-state index contributed by atoms with van der Waals surface area (Å²) in [5.74, 6) is 0. The van der Waals surface area contributed by atoms with E-state index in [0.29, 0.717) is 0 Å². The lowest BCUT2D eigenvalue weighted by atomic mass is 10.1. The van der Waals surface area contributed by atoms with Crippen LogP contribution in [0.1, 0.15) is 41.5 Å². The topological polar surface area (TPSA) is 43.2 Å². The maximum absolute atomic E-state index is 13.2. The highest BCUT2D eigenvalue weighted by Crippen LogP contribution is 2.52. The number of hydrogen-bond donors (Lipinski definition) is 1. The zero-order valence-corrected chi connectivity index (χ0v) is 13.1. The van der Waals surface area contributed by atoms with Crippen molar-refractivity contribution in [1.29, 1.82) is 0 Å². The summed E-state index contributed by atoms with van der Waals surface area (Å²) >= 11 is 0. The highest BCUT2D eigenvalue weighted by Gasteiger charge is 2.23. The monoisotopic (exact) mass is 267 g/mol. The van der Waals surface area contributed by atoms with Crippen molar-refractivity contribution >= 4 is 12.7 Å². The van der Waals surface area contributed by atoms with Crippen molar-refractivity contribution in [2.45, 2.75) is 52.6 Å². The van der Waals surface area contributed by atoms with Crippen LogP contribution in [0, 0.1) is 0 Å². The second kappa shape index (κ2) is 5.16. The van der Waals surface area contributed by atoms with E-state index in [1.165, 1.54) is 0 Å². The van der Waals surface area contributed by atoms with Gasteiger partial charge >= 0.3 is 0 Å². The Kier molecular flexibility index (Phi) is 4.42. The average Bonchev–Trinajstić information content (AvgIpc) is 2.13. The minimum atomic E-state index is -2.94. The van der Waals surface area contributed by atoms with Crippen molar-refractivity contribution in [3.8, 4) is 0 Å². The molecule has 0 heterocycles. The fourth-order valence-electron chi connectivity index (χ4n) is 1.65. The van der Waals surface area contributed by atoms with E-state index < -0.39 is 7.44 Å². The minimum absolute atomic E-state index is 0.250. The molecule has 0 amide bonds. The number of nitrogens with zero attached hydrogens (tertiary/aromatic N) is 1. The lowest BCUT2D eigenvalue weighted by Gasteiger charge is -2.46. The third-order valence-corrected chi connectivity index (χ3v) is 4.89. The van der Waals surface area contributed by atoms with Gasteiger partial charge in [0.2, 0.25) is 0 Å². The summed E-state index contributed by atoms with van der Waals surface area (Å²) in [5, 5.41) is 8.49. The molecule has 1 rings (SSSR count). The summed E-state index contributed by atoms with van der Waals surface area (Å²) in [4.78, 5) is 0. The predicted molar refractivity (Wildman–Crippen MR) is 79.7 cm³/mol. The van der Waals surface area contributed by atoms with Crippen LogP contribution in [0.4, 0.5) is 0 Å². The van der Waals surface area contributed by atoms with Gasteiger partial charge in [-0.2, -0.15) is 0 Å². The molecule has 1 atom stereocenters. The standard InChI is InChI=1S/C14H24N2OP/c1-13(2,3)15-18(17,16-14(4,5)6)12-10-8-7-9-11-12/h7-11H,1-6H3,(H-,15,16,17)/q-1. The zero-order valence-electron chi connectivity index (χ0n) is 12.2. The van der Waals surface area contributed by atoms with Crippen molar-refractivity contribution in [2.75, 3.05) is 0 Å². The molecule has 1 unspecified atom stereocenters. The Bertz CT molecular complexity index is 409. The molecular formula is C14H24N2OP-. The van der Waals surface area contributed by atoms with Gasteiger partial charge in [0.1, 0.15) is 0 Å². The summed E-state index contributed by atoms with van der Waals surface area (Å²) < 4.78 is 13.2. The first kappa shape index (κ1) is 15.4. The highest BCUT2D eigenvalue weighted by molar-refractivity contribution is 7.72. The molecule has 102 valence electrons. The molecule has 0 spiro atoms. The van der Waals surface area contributed by atoms with Gasteiger partial charge in [0.05, 0.1) is 7.44 Å². The Labute approximate surface area is 111 Å². The molecule has 0 bridgehead atoms. The smallest absolute Gasteiger partial charge is 0.0872 e. The lowest BCUT2D eigenvalue weighted by molar-refractivity contribution is 0.493. The van der Waals surface area contributed by atoms with Crippen LogP contribution in [0.3, 0.4) is 0 Å². The fourth-order valence-corrected chi connectivity index (χ4v) is 4.28. The summed E-state index contributed by atoms with van der Waals surface area (Å²) in [6.45, 7) is 11.9. The van der Waals surface area contributed by atoms with Gasteiger partial charge < -0.3 is 9.65 Å².